The van der Waals surface area contributed by atoms with Crippen LogP contribution in [-0.4, -0.2) is 14.1 Å². The number of halogens is 2. The first-order chi connectivity index (χ1) is 9.47. The quantitative estimate of drug-likeness (QED) is 0.879. The average molecular weight is 337 g/mol. The summed E-state index contributed by atoms with van der Waals surface area (Å²) in [5.74, 6) is -0.231. The number of nitrogens with one attached hydrogen (secondary N) is 1. The zero-order valence-corrected chi connectivity index (χ0v) is 13.5. The summed E-state index contributed by atoms with van der Waals surface area (Å²) in [6.07, 6.45) is 0. The third kappa shape index (κ3) is 3.51. The molecule has 2 aromatic carbocycles. The van der Waals surface area contributed by atoms with E-state index >= 15 is 0 Å². The highest BCUT2D eigenvalue weighted by atomic mass is 79.9. The average Bonchev–Trinajstić information content (AvgIpc) is 2.39. The molecule has 4 heteroatoms. The van der Waals surface area contributed by atoms with E-state index < -0.39 is 0 Å². The monoisotopic (exact) mass is 336 g/mol. The SMILES string of the molecule is Cc1ccc(NCc2ccc(F)cc2Br)cc1N(C)C. The van der Waals surface area contributed by atoms with Crippen LogP contribution >= 0.6 is 15.9 Å². The van der Waals surface area contributed by atoms with Crippen molar-refractivity contribution < 1.29 is 4.39 Å². The number of hydrogen-bond donors (Lipinski definition) is 1. The Labute approximate surface area is 127 Å². The van der Waals surface area contributed by atoms with Gasteiger partial charge in [-0.1, -0.05) is 28.1 Å². The van der Waals surface area contributed by atoms with Gasteiger partial charge in [0.2, 0.25) is 0 Å². The van der Waals surface area contributed by atoms with Crippen LogP contribution in [-0.2, 0) is 6.54 Å². The third-order valence-corrected chi connectivity index (χ3v) is 3.93. The Morgan fingerprint density at radius 1 is 1.15 bits per heavy atom. The maximum atomic E-state index is 13.0. The van der Waals surface area contributed by atoms with E-state index in [2.05, 4.69) is 51.3 Å². The Hall–Kier alpha value is -1.55. The van der Waals surface area contributed by atoms with E-state index in [9.17, 15) is 4.39 Å². The molecule has 0 spiro atoms. The van der Waals surface area contributed by atoms with Crippen molar-refractivity contribution in [2.24, 2.45) is 0 Å². The summed E-state index contributed by atoms with van der Waals surface area (Å²) in [6.45, 7) is 2.74. The summed E-state index contributed by atoms with van der Waals surface area (Å²) in [5.41, 5.74) is 4.51. The standard InChI is InChI=1S/C16H18BrFN2/c1-11-4-7-14(9-16(11)20(2)3)19-10-12-5-6-13(18)8-15(12)17/h4-9,19H,10H2,1-3H3. The van der Waals surface area contributed by atoms with Crippen molar-refractivity contribution in [3.05, 3.63) is 57.8 Å². The molecular weight excluding hydrogens is 319 g/mol. The van der Waals surface area contributed by atoms with Crippen molar-refractivity contribution in [3.8, 4) is 0 Å². The highest BCUT2D eigenvalue weighted by Crippen LogP contribution is 2.24. The molecule has 106 valence electrons. The Balaban J connectivity index is 2.13. The van der Waals surface area contributed by atoms with Crippen LogP contribution in [0.15, 0.2) is 40.9 Å². The van der Waals surface area contributed by atoms with E-state index in [0.717, 1.165) is 15.7 Å². The topological polar surface area (TPSA) is 15.3 Å². The van der Waals surface area contributed by atoms with Gasteiger partial charge in [-0.15, -0.1) is 0 Å². The maximum Gasteiger partial charge on any atom is 0.124 e. The Morgan fingerprint density at radius 2 is 1.90 bits per heavy atom. The molecule has 20 heavy (non-hydrogen) atoms. The first-order valence-corrected chi connectivity index (χ1v) is 7.22. The van der Waals surface area contributed by atoms with Gasteiger partial charge >= 0.3 is 0 Å². The molecule has 0 aliphatic carbocycles. The number of hydrogen-bond acceptors (Lipinski definition) is 2. The summed E-state index contributed by atoms with van der Waals surface area (Å²) in [7, 11) is 4.06. The molecule has 0 aliphatic heterocycles. The van der Waals surface area contributed by atoms with Crippen LogP contribution in [0, 0.1) is 12.7 Å². The zero-order valence-electron chi connectivity index (χ0n) is 11.9. The maximum absolute atomic E-state index is 13.0. The second-order valence-corrected chi connectivity index (χ2v) is 5.84. The second-order valence-electron chi connectivity index (χ2n) is 4.98. The van der Waals surface area contributed by atoms with Crippen LogP contribution in [0.2, 0.25) is 0 Å². The van der Waals surface area contributed by atoms with E-state index in [-0.39, 0.29) is 5.82 Å². The van der Waals surface area contributed by atoms with Crippen LogP contribution in [0.1, 0.15) is 11.1 Å². The molecule has 0 aromatic heterocycles. The zero-order chi connectivity index (χ0) is 14.7. The van der Waals surface area contributed by atoms with Crippen molar-refractivity contribution in [2.75, 3.05) is 24.3 Å². The van der Waals surface area contributed by atoms with E-state index in [1.54, 1.807) is 6.07 Å². The molecule has 1 N–H and O–H groups in total. The summed E-state index contributed by atoms with van der Waals surface area (Å²) < 4.78 is 13.8. The molecule has 2 nitrogen and oxygen atoms in total. The number of rotatable bonds is 4. The highest BCUT2D eigenvalue weighted by molar-refractivity contribution is 9.10. The summed E-state index contributed by atoms with van der Waals surface area (Å²) >= 11 is 3.38. The van der Waals surface area contributed by atoms with Crippen molar-refractivity contribution >= 4 is 27.3 Å². The van der Waals surface area contributed by atoms with E-state index in [1.165, 1.54) is 23.4 Å². The highest BCUT2D eigenvalue weighted by Gasteiger charge is 2.04. The number of anilines is 2. The smallest absolute Gasteiger partial charge is 0.124 e. The molecule has 0 atom stereocenters. The minimum Gasteiger partial charge on any atom is -0.381 e. The summed E-state index contributed by atoms with van der Waals surface area (Å²) in [5, 5.41) is 3.36. The van der Waals surface area contributed by atoms with Gasteiger partial charge in [-0.05, 0) is 42.3 Å². The predicted molar refractivity (Wildman–Crippen MR) is 86.9 cm³/mol. The molecule has 2 aromatic rings. The Morgan fingerprint density at radius 3 is 2.55 bits per heavy atom. The van der Waals surface area contributed by atoms with Crippen LogP contribution in [0.3, 0.4) is 0 Å². The van der Waals surface area contributed by atoms with Crippen LogP contribution in [0.25, 0.3) is 0 Å². The molecule has 0 radical (unpaired) electrons. The first kappa shape index (κ1) is 14.9. The van der Waals surface area contributed by atoms with Crippen molar-refractivity contribution in [2.45, 2.75) is 13.5 Å². The van der Waals surface area contributed by atoms with Gasteiger partial charge < -0.3 is 10.2 Å². The second kappa shape index (κ2) is 6.27. The normalized spacial score (nSPS) is 10.4. The molecule has 0 unspecified atom stereocenters. The fourth-order valence-corrected chi connectivity index (χ4v) is 2.55. The number of benzene rings is 2. The lowest BCUT2D eigenvalue weighted by atomic mass is 10.1. The van der Waals surface area contributed by atoms with Crippen molar-refractivity contribution in [1.29, 1.82) is 0 Å². The minimum atomic E-state index is -0.231. The molecule has 0 fully saturated rings. The van der Waals surface area contributed by atoms with Crippen LogP contribution < -0.4 is 10.2 Å². The summed E-state index contributed by atoms with van der Waals surface area (Å²) in [4.78, 5) is 2.09. The van der Waals surface area contributed by atoms with E-state index in [1.807, 2.05) is 14.1 Å². The van der Waals surface area contributed by atoms with Gasteiger partial charge in [-0.3, -0.25) is 0 Å². The molecule has 0 saturated carbocycles. The van der Waals surface area contributed by atoms with Gasteiger partial charge in [0.15, 0.2) is 0 Å². The minimum absolute atomic E-state index is 0.231. The van der Waals surface area contributed by atoms with E-state index in [4.69, 9.17) is 0 Å². The van der Waals surface area contributed by atoms with Crippen molar-refractivity contribution in [3.63, 3.8) is 0 Å². The van der Waals surface area contributed by atoms with Gasteiger partial charge in [0, 0.05) is 36.5 Å². The largest absolute Gasteiger partial charge is 0.381 e. The lowest BCUT2D eigenvalue weighted by molar-refractivity contribution is 0.626. The Kier molecular flexibility index (Phi) is 4.65. The van der Waals surface area contributed by atoms with E-state index in [0.29, 0.717) is 6.54 Å². The molecule has 0 heterocycles. The van der Waals surface area contributed by atoms with Gasteiger partial charge in [-0.25, -0.2) is 4.39 Å². The Bertz CT molecular complexity index is 611. The predicted octanol–water partition coefficient (Wildman–Crippen LogP) is 4.57. The van der Waals surface area contributed by atoms with Crippen molar-refractivity contribution in [1.82, 2.24) is 0 Å². The van der Waals surface area contributed by atoms with Gasteiger partial charge in [-0.2, -0.15) is 0 Å². The van der Waals surface area contributed by atoms with Gasteiger partial charge in [0.05, 0.1) is 0 Å². The number of aryl methyl sites for hydroxylation is 1. The third-order valence-electron chi connectivity index (χ3n) is 3.19. The fourth-order valence-electron chi connectivity index (χ4n) is 2.06. The molecule has 0 saturated heterocycles. The van der Waals surface area contributed by atoms with Gasteiger partial charge in [0.1, 0.15) is 5.82 Å². The lowest BCUT2D eigenvalue weighted by Gasteiger charge is -2.17. The van der Waals surface area contributed by atoms with Crippen LogP contribution in [0.5, 0.6) is 0 Å². The molecule has 0 amide bonds. The van der Waals surface area contributed by atoms with Crippen LogP contribution in [0.4, 0.5) is 15.8 Å². The lowest BCUT2D eigenvalue weighted by Crippen LogP contribution is -2.11. The molecule has 0 bridgehead atoms. The summed E-state index contributed by atoms with van der Waals surface area (Å²) in [6, 6.07) is 11.0. The number of nitrogens with zero attached hydrogens (tertiary/aromatic N) is 1. The first-order valence-electron chi connectivity index (χ1n) is 6.43. The molecule has 0 aliphatic rings. The fraction of sp³-hybridized carbons (Fsp3) is 0.250. The van der Waals surface area contributed by atoms with Gasteiger partial charge in [0.25, 0.3) is 0 Å². The molecular formula is C16H18BrFN2. The molecule has 2 rings (SSSR count).